The number of ether oxygens (including phenoxy) is 1. The molecular formula is C27H24N2O5. The van der Waals surface area contributed by atoms with Crippen LogP contribution in [0.5, 0.6) is 5.75 Å². The number of carbonyl (C=O) groups is 1. The number of benzene rings is 3. The zero-order valence-electron chi connectivity index (χ0n) is 19.0. The van der Waals surface area contributed by atoms with Crippen molar-refractivity contribution >= 4 is 28.4 Å². The average Bonchev–Trinajstić information content (AvgIpc) is 3.46. The summed E-state index contributed by atoms with van der Waals surface area (Å²) in [4.78, 5) is 26.6. The molecule has 0 fully saturated rings. The molecule has 4 aromatic rings. The highest BCUT2D eigenvalue weighted by molar-refractivity contribution is 5.95. The van der Waals surface area contributed by atoms with Gasteiger partial charge in [0, 0.05) is 29.5 Å². The first-order chi connectivity index (χ1) is 16.4. The van der Waals surface area contributed by atoms with Gasteiger partial charge in [-0.3, -0.25) is 4.79 Å². The van der Waals surface area contributed by atoms with Gasteiger partial charge in [0.15, 0.2) is 11.2 Å². The second-order valence-corrected chi connectivity index (χ2v) is 9.32. The fourth-order valence-electron chi connectivity index (χ4n) is 5.14. The zero-order valence-corrected chi connectivity index (χ0v) is 19.0. The molecular weight excluding hydrogens is 432 g/mol. The van der Waals surface area contributed by atoms with Crippen molar-refractivity contribution in [2.24, 2.45) is 0 Å². The van der Waals surface area contributed by atoms with Crippen LogP contribution in [0, 0.1) is 0 Å². The fraction of sp³-hybridized carbons (Fsp3) is 0.259. The average molecular weight is 456 g/mol. The van der Waals surface area contributed by atoms with Gasteiger partial charge in [-0.05, 0) is 41.3 Å². The summed E-state index contributed by atoms with van der Waals surface area (Å²) in [6.45, 7) is 5.51. The van der Waals surface area contributed by atoms with Crippen LogP contribution in [-0.2, 0) is 10.2 Å². The van der Waals surface area contributed by atoms with Crippen molar-refractivity contribution in [1.29, 1.82) is 0 Å². The minimum absolute atomic E-state index is 0.0837. The van der Waals surface area contributed by atoms with E-state index < -0.39 is 11.2 Å². The number of amides is 1. The molecule has 172 valence electrons. The number of nitrogens with zero attached hydrogens (tertiary/aromatic N) is 1. The van der Waals surface area contributed by atoms with E-state index in [1.54, 1.807) is 6.07 Å². The van der Waals surface area contributed by atoms with Crippen molar-refractivity contribution in [3.8, 4) is 5.75 Å². The molecule has 3 heterocycles. The molecule has 0 aliphatic carbocycles. The molecule has 0 saturated carbocycles. The van der Waals surface area contributed by atoms with Gasteiger partial charge in [-0.2, -0.15) is 0 Å². The highest BCUT2D eigenvalue weighted by atomic mass is 16.6. The molecule has 1 aromatic heterocycles. The maximum atomic E-state index is 13.0. The lowest BCUT2D eigenvalue weighted by Crippen LogP contribution is -2.39. The number of rotatable bonds is 4. The molecule has 0 radical (unpaired) electrons. The van der Waals surface area contributed by atoms with Crippen LogP contribution in [-0.4, -0.2) is 25.6 Å². The van der Waals surface area contributed by atoms with Gasteiger partial charge in [0.2, 0.25) is 5.91 Å². The molecule has 1 spiro atoms. The highest BCUT2D eigenvalue weighted by Gasteiger charge is 2.50. The van der Waals surface area contributed by atoms with Crippen molar-refractivity contribution in [1.82, 2.24) is 0 Å². The second-order valence-electron chi connectivity index (χ2n) is 9.32. The fourth-order valence-corrected chi connectivity index (χ4v) is 5.14. The molecule has 34 heavy (non-hydrogen) atoms. The molecule has 1 amide bonds. The summed E-state index contributed by atoms with van der Waals surface area (Å²) in [7, 11) is 0. The topological polar surface area (TPSA) is 84.9 Å². The van der Waals surface area contributed by atoms with Gasteiger partial charge in [0.05, 0.1) is 12.0 Å². The molecule has 1 atom stereocenters. The summed E-state index contributed by atoms with van der Waals surface area (Å²) in [5.41, 5.74) is 5.34. The van der Waals surface area contributed by atoms with Gasteiger partial charge in [-0.1, -0.05) is 44.2 Å². The Morgan fingerprint density at radius 2 is 1.76 bits per heavy atom. The van der Waals surface area contributed by atoms with Crippen LogP contribution in [0.3, 0.4) is 0 Å². The minimum atomic E-state index is -0.737. The number of hydrogen-bond acceptors (Lipinski definition) is 6. The minimum Gasteiger partial charge on any atom is -0.492 e. The smallest absolute Gasteiger partial charge is 0.492 e. The molecule has 2 aliphatic heterocycles. The number of anilines is 2. The monoisotopic (exact) mass is 456 g/mol. The first-order valence-corrected chi connectivity index (χ1v) is 11.4. The molecule has 0 bridgehead atoms. The first-order valence-electron chi connectivity index (χ1n) is 11.4. The van der Waals surface area contributed by atoms with E-state index in [0.717, 1.165) is 22.5 Å². The van der Waals surface area contributed by atoms with Crippen molar-refractivity contribution < 1.29 is 18.4 Å². The summed E-state index contributed by atoms with van der Waals surface area (Å²) < 4.78 is 16.4. The van der Waals surface area contributed by atoms with Gasteiger partial charge in [-0.15, -0.1) is 0 Å². The Hall–Kier alpha value is -4.00. The van der Waals surface area contributed by atoms with E-state index in [1.165, 1.54) is 5.56 Å². The number of carbonyl (C=O) groups excluding carboxylic acids is 1. The van der Waals surface area contributed by atoms with Gasteiger partial charge in [0.1, 0.15) is 12.4 Å². The van der Waals surface area contributed by atoms with E-state index in [-0.39, 0.29) is 12.5 Å². The van der Waals surface area contributed by atoms with Crippen molar-refractivity contribution in [2.45, 2.75) is 25.2 Å². The number of para-hydroxylation sites is 1. The molecule has 1 N–H and O–H groups in total. The van der Waals surface area contributed by atoms with Crippen molar-refractivity contribution in [2.75, 3.05) is 29.9 Å². The predicted octanol–water partition coefficient (Wildman–Crippen LogP) is 4.65. The van der Waals surface area contributed by atoms with Crippen LogP contribution in [0.4, 0.5) is 11.4 Å². The summed E-state index contributed by atoms with van der Waals surface area (Å²) in [6, 6.07) is 19.6. The van der Waals surface area contributed by atoms with Crippen LogP contribution in [0.25, 0.3) is 11.2 Å². The molecule has 2 aliphatic rings. The van der Waals surface area contributed by atoms with E-state index in [0.29, 0.717) is 36.0 Å². The molecule has 6 rings (SSSR count). The Bertz CT molecular complexity index is 1470. The Morgan fingerprint density at radius 1 is 1.03 bits per heavy atom. The third kappa shape index (κ3) is 3.19. The Labute approximate surface area is 195 Å². The summed E-state index contributed by atoms with van der Waals surface area (Å²) in [5.74, 6) is 0.289. The third-order valence-electron chi connectivity index (χ3n) is 6.84. The molecule has 7 heteroatoms. The predicted molar refractivity (Wildman–Crippen MR) is 129 cm³/mol. The van der Waals surface area contributed by atoms with Gasteiger partial charge >= 0.3 is 5.82 Å². The summed E-state index contributed by atoms with van der Waals surface area (Å²) >= 11 is 0. The second kappa shape index (κ2) is 7.52. The summed E-state index contributed by atoms with van der Waals surface area (Å²) in [5, 5.41) is 3.02. The van der Waals surface area contributed by atoms with Crippen LogP contribution >= 0.6 is 0 Å². The van der Waals surface area contributed by atoms with Crippen molar-refractivity contribution in [3.63, 3.8) is 0 Å². The first kappa shape index (κ1) is 20.6. The van der Waals surface area contributed by atoms with Crippen LogP contribution < -0.4 is 20.8 Å². The van der Waals surface area contributed by atoms with E-state index >= 15 is 0 Å². The third-order valence-corrected chi connectivity index (χ3v) is 6.84. The molecule has 1 unspecified atom stereocenters. The molecule has 3 aromatic carbocycles. The van der Waals surface area contributed by atoms with Crippen LogP contribution in [0.2, 0.25) is 0 Å². The number of fused-ring (bicyclic) bond motifs is 5. The highest BCUT2D eigenvalue weighted by Crippen LogP contribution is 2.52. The largest absolute Gasteiger partial charge is 0.519 e. The summed E-state index contributed by atoms with van der Waals surface area (Å²) in [6.07, 6.45) is 0. The molecule has 0 saturated heterocycles. The number of hydrogen-bond donors (Lipinski definition) is 1. The van der Waals surface area contributed by atoms with Gasteiger partial charge in [0.25, 0.3) is 0 Å². The van der Waals surface area contributed by atoms with E-state index in [1.807, 2.05) is 48.5 Å². The molecule has 7 nitrogen and oxygen atoms in total. The zero-order chi connectivity index (χ0) is 23.4. The maximum Gasteiger partial charge on any atom is 0.519 e. The van der Waals surface area contributed by atoms with Gasteiger partial charge < -0.3 is 23.8 Å². The van der Waals surface area contributed by atoms with E-state index in [2.05, 4.69) is 30.1 Å². The van der Waals surface area contributed by atoms with Crippen LogP contribution in [0.1, 0.15) is 36.5 Å². The van der Waals surface area contributed by atoms with Crippen molar-refractivity contribution in [3.05, 3.63) is 88.0 Å². The van der Waals surface area contributed by atoms with E-state index in [9.17, 15) is 9.59 Å². The Kier molecular flexibility index (Phi) is 4.55. The quantitative estimate of drug-likeness (QED) is 0.481. The SMILES string of the molecule is CC(C)c1ccc(NC(=O)CN2CC3(COc4cc5oc(=O)oc5cc43)c3ccccc32)cc1. The lowest BCUT2D eigenvalue weighted by Gasteiger charge is -2.24. The maximum absolute atomic E-state index is 13.0. The number of nitrogens with one attached hydrogen (secondary N) is 1. The van der Waals surface area contributed by atoms with E-state index in [4.69, 9.17) is 13.6 Å². The standard InChI is InChI=1S/C27H24N2O5/c1-16(2)17-7-9-18(10-8-17)28-25(30)13-29-14-27(19-5-3-4-6-21(19)29)15-32-22-12-24-23(11-20(22)27)33-26(31)34-24/h3-12,16H,13-15H2,1-2H3,(H,28,30). The van der Waals surface area contributed by atoms with Crippen LogP contribution in [0.15, 0.2) is 74.3 Å². The Balaban J connectivity index is 1.30. The Morgan fingerprint density at radius 3 is 2.53 bits per heavy atom. The lowest BCUT2D eigenvalue weighted by molar-refractivity contribution is -0.115. The van der Waals surface area contributed by atoms with Gasteiger partial charge in [-0.25, -0.2) is 4.79 Å². The normalized spacial score (nSPS) is 18.4. The lowest BCUT2D eigenvalue weighted by atomic mass is 9.78.